The average molecular weight is 449 g/mol. The van der Waals surface area contributed by atoms with Gasteiger partial charge in [0.1, 0.15) is 0 Å². The first-order valence-corrected chi connectivity index (χ1v) is 12.6. The van der Waals surface area contributed by atoms with Crippen LogP contribution in [0, 0.1) is 0 Å². The summed E-state index contributed by atoms with van der Waals surface area (Å²) in [6, 6.07) is 8.00. The minimum atomic E-state index is -3.65. The van der Waals surface area contributed by atoms with E-state index in [2.05, 4.69) is 13.8 Å². The van der Waals surface area contributed by atoms with Gasteiger partial charge in [-0.15, -0.1) is 11.3 Å². The lowest BCUT2D eigenvalue weighted by Gasteiger charge is -2.33. The lowest BCUT2D eigenvalue weighted by Crippen LogP contribution is -2.50. The highest BCUT2D eigenvalue weighted by molar-refractivity contribution is 7.89. The molecule has 1 saturated heterocycles. The largest absolute Gasteiger partial charge is 0.335 e. The van der Waals surface area contributed by atoms with Crippen LogP contribution in [0.3, 0.4) is 0 Å². The van der Waals surface area contributed by atoms with Crippen molar-refractivity contribution in [2.75, 3.05) is 26.2 Å². The van der Waals surface area contributed by atoms with Gasteiger partial charge >= 0.3 is 0 Å². The maximum atomic E-state index is 12.9. The molecule has 0 N–H and O–H groups in total. The fourth-order valence-electron chi connectivity index (χ4n) is 3.61. The number of rotatable bonds is 7. The first kappa shape index (κ1) is 22.7. The molecule has 1 amide bonds. The minimum absolute atomic E-state index is 0.0140. The summed E-state index contributed by atoms with van der Waals surface area (Å²) in [5, 5.41) is 0. The van der Waals surface area contributed by atoms with E-state index in [1.807, 2.05) is 6.07 Å². The zero-order valence-corrected chi connectivity index (χ0v) is 19.3. The van der Waals surface area contributed by atoms with Crippen LogP contribution >= 0.6 is 11.3 Å². The number of aryl methyl sites for hydroxylation is 2. The summed E-state index contributed by atoms with van der Waals surface area (Å²) >= 11 is 1.57. The van der Waals surface area contributed by atoms with E-state index >= 15 is 0 Å². The van der Waals surface area contributed by atoms with E-state index in [0.29, 0.717) is 18.7 Å². The van der Waals surface area contributed by atoms with Gasteiger partial charge in [0.2, 0.25) is 10.0 Å². The van der Waals surface area contributed by atoms with Gasteiger partial charge in [-0.3, -0.25) is 9.59 Å². The monoisotopic (exact) mass is 448 g/mol. The molecule has 0 saturated carbocycles. The van der Waals surface area contributed by atoms with Crippen LogP contribution in [0.5, 0.6) is 0 Å². The van der Waals surface area contributed by atoms with Crippen molar-refractivity contribution in [2.24, 2.45) is 0 Å². The molecule has 1 aliphatic heterocycles. The summed E-state index contributed by atoms with van der Waals surface area (Å²) in [4.78, 5) is 28.3. The number of carbonyl (C=O) groups is 2. The van der Waals surface area contributed by atoms with Crippen LogP contribution in [0.2, 0.25) is 0 Å². The van der Waals surface area contributed by atoms with Gasteiger partial charge in [0.15, 0.2) is 5.78 Å². The number of benzene rings is 1. The van der Waals surface area contributed by atoms with E-state index in [4.69, 9.17) is 0 Å². The topological polar surface area (TPSA) is 74.8 Å². The number of carbonyl (C=O) groups excluding carboxylic acids is 2. The summed E-state index contributed by atoms with van der Waals surface area (Å²) in [7, 11) is -3.65. The Morgan fingerprint density at radius 3 is 2.20 bits per heavy atom. The Morgan fingerprint density at radius 1 is 1.03 bits per heavy atom. The van der Waals surface area contributed by atoms with E-state index < -0.39 is 10.0 Å². The Balaban J connectivity index is 1.68. The van der Waals surface area contributed by atoms with Crippen LogP contribution in [0.25, 0.3) is 0 Å². The first-order chi connectivity index (χ1) is 14.3. The van der Waals surface area contributed by atoms with Crippen LogP contribution in [0.1, 0.15) is 57.7 Å². The molecule has 2 heterocycles. The van der Waals surface area contributed by atoms with Gasteiger partial charge in [-0.1, -0.05) is 32.4 Å². The molecule has 162 valence electrons. The maximum absolute atomic E-state index is 12.9. The third kappa shape index (κ3) is 4.66. The van der Waals surface area contributed by atoms with Crippen LogP contribution in [0.15, 0.2) is 35.2 Å². The Kier molecular flexibility index (Phi) is 7.10. The lowest BCUT2D eigenvalue weighted by molar-refractivity contribution is 0.0702. The SMILES string of the molecule is CCCc1sc(C(=O)N2CCN(S(=O)(=O)c3ccc(C(C)=O)cc3)CC2)cc1CC. The van der Waals surface area contributed by atoms with Crippen molar-refractivity contribution in [3.8, 4) is 0 Å². The molecule has 1 aromatic heterocycles. The van der Waals surface area contributed by atoms with E-state index in [0.717, 1.165) is 24.1 Å². The number of sulfonamides is 1. The van der Waals surface area contributed by atoms with Crippen LogP contribution in [-0.2, 0) is 22.9 Å². The molecule has 0 bridgehead atoms. The molecule has 1 aliphatic rings. The first-order valence-electron chi connectivity index (χ1n) is 10.3. The van der Waals surface area contributed by atoms with Crippen LogP contribution in [0.4, 0.5) is 0 Å². The highest BCUT2D eigenvalue weighted by Gasteiger charge is 2.31. The third-order valence-corrected chi connectivity index (χ3v) is 8.53. The minimum Gasteiger partial charge on any atom is -0.335 e. The zero-order chi connectivity index (χ0) is 21.9. The number of nitrogens with zero attached hydrogens (tertiary/aromatic N) is 2. The van der Waals surface area contributed by atoms with Crippen molar-refractivity contribution >= 4 is 33.1 Å². The van der Waals surface area contributed by atoms with E-state index in [1.165, 1.54) is 45.9 Å². The van der Waals surface area contributed by atoms with Crippen molar-refractivity contribution in [3.63, 3.8) is 0 Å². The molecular weight excluding hydrogens is 420 g/mol. The number of piperazine rings is 1. The van der Waals surface area contributed by atoms with Crippen LogP contribution < -0.4 is 0 Å². The van der Waals surface area contributed by atoms with Crippen molar-refractivity contribution < 1.29 is 18.0 Å². The Hall–Kier alpha value is -2.03. The van der Waals surface area contributed by atoms with E-state index in [9.17, 15) is 18.0 Å². The summed E-state index contributed by atoms with van der Waals surface area (Å²) in [6.07, 6.45) is 2.94. The van der Waals surface area contributed by atoms with Gasteiger partial charge < -0.3 is 4.90 Å². The van der Waals surface area contributed by atoms with Crippen molar-refractivity contribution in [2.45, 2.75) is 44.9 Å². The van der Waals surface area contributed by atoms with Crippen LogP contribution in [-0.4, -0.2) is 55.5 Å². The molecule has 0 aliphatic carbocycles. The maximum Gasteiger partial charge on any atom is 0.264 e. The van der Waals surface area contributed by atoms with Gasteiger partial charge in [-0.25, -0.2) is 8.42 Å². The van der Waals surface area contributed by atoms with Crippen molar-refractivity contribution in [1.82, 2.24) is 9.21 Å². The summed E-state index contributed by atoms with van der Waals surface area (Å²) < 4.78 is 27.2. The van der Waals surface area contributed by atoms with Gasteiger partial charge in [0.05, 0.1) is 9.77 Å². The molecule has 6 nitrogen and oxygen atoms in total. The fraction of sp³-hybridized carbons (Fsp3) is 0.455. The Morgan fingerprint density at radius 2 is 1.67 bits per heavy atom. The van der Waals surface area contributed by atoms with Gasteiger partial charge in [-0.2, -0.15) is 4.31 Å². The second kappa shape index (κ2) is 9.41. The predicted molar refractivity (Wildman–Crippen MR) is 119 cm³/mol. The molecular formula is C22H28N2O4S2. The standard InChI is InChI=1S/C22H28N2O4S2/c1-4-6-20-17(5-2)15-21(29-20)22(26)23-11-13-24(14-12-23)30(27,28)19-9-7-18(8-10-19)16(3)25/h7-10,15H,4-6,11-14H2,1-3H3. The van der Waals surface area contributed by atoms with E-state index in [-0.39, 0.29) is 29.7 Å². The normalized spacial score (nSPS) is 15.4. The predicted octanol–water partition coefficient (Wildman–Crippen LogP) is 3.61. The highest BCUT2D eigenvalue weighted by Crippen LogP contribution is 2.27. The number of amides is 1. The molecule has 0 unspecified atom stereocenters. The van der Waals surface area contributed by atoms with Crippen molar-refractivity contribution in [1.29, 1.82) is 0 Å². The second-order valence-electron chi connectivity index (χ2n) is 7.44. The molecule has 0 radical (unpaired) electrons. The average Bonchev–Trinajstić information content (AvgIpc) is 3.16. The molecule has 30 heavy (non-hydrogen) atoms. The zero-order valence-electron chi connectivity index (χ0n) is 17.7. The molecule has 0 atom stereocenters. The number of hydrogen-bond acceptors (Lipinski definition) is 5. The van der Waals surface area contributed by atoms with Crippen molar-refractivity contribution in [3.05, 3.63) is 51.2 Å². The lowest BCUT2D eigenvalue weighted by atomic mass is 10.1. The smallest absolute Gasteiger partial charge is 0.264 e. The summed E-state index contributed by atoms with van der Waals surface area (Å²) in [5.74, 6) is -0.118. The quantitative estimate of drug-likeness (QED) is 0.607. The third-order valence-electron chi connectivity index (χ3n) is 5.39. The number of ketones is 1. The van der Waals surface area contributed by atoms with Gasteiger partial charge in [0, 0.05) is 36.6 Å². The number of Topliss-reactive ketones (excluding diaryl/α,β-unsaturated/α-hetero) is 1. The van der Waals surface area contributed by atoms with Gasteiger partial charge in [-0.05, 0) is 43.5 Å². The second-order valence-corrected chi connectivity index (χ2v) is 10.5. The molecule has 3 rings (SSSR count). The van der Waals surface area contributed by atoms with E-state index in [1.54, 1.807) is 16.2 Å². The molecule has 2 aromatic rings. The Labute approximate surface area is 182 Å². The van der Waals surface area contributed by atoms with Gasteiger partial charge in [0.25, 0.3) is 5.91 Å². The molecule has 8 heteroatoms. The molecule has 1 fully saturated rings. The molecule has 0 spiro atoms. The number of hydrogen-bond donors (Lipinski definition) is 0. The molecule has 1 aromatic carbocycles. The fourth-order valence-corrected chi connectivity index (χ4v) is 6.35. The highest BCUT2D eigenvalue weighted by atomic mass is 32.2. The Bertz CT molecular complexity index is 1020. The summed E-state index contributed by atoms with van der Waals surface area (Å²) in [6.45, 7) is 6.93. The summed E-state index contributed by atoms with van der Waals surface area (Å²) in [5.41, 5.74) is 1.72. The number of thiophene rings is 1.